The molecule has 0 aromatic heterocycles. The monoisotopic (exact) mass is 250 g/mol. The Balaban J connectivity index is 2.26. The summed E-state index contributed by atoms with van der Waals surface area (Å²) in [6.45, 7) is 2.03. The van der Waals surface area contributed by atoms with Crippen LogP contribution in [0.1, 0.15) is 19.8 Å². The third kappa shape index (κ3) is 2.39. The Labute approximate surface area is 105 Å². The van der Waals surface area contributed by atoms with Crippen LogP contribution in [0.4, 0.5) is 10.1 Å². The van der Waals surface area contributed by atoms with Crippen LogP contribution in [-0.4, -0.2) is 16.5 Å². The lowest BCUT2D eigenvalue weighted by Crippen LogP contribution is -2.47. The average molecular weight is 250 g/mol. The van der Waals surface area contributed by atoms with Crippen molar-refractivity contribution in [1.82, 2.24) is 0 Å². The summed E-state index contributed by atoms with van der Waals surface area (Å²) in [6, 6.07) is 8.86. The van der Waals surface area contributed by atoms with E-state index < -0.39 is 5.54 Å². The van der Waals surface area contributed by atoms with E-state index in [-0.39, 0.29) is 11.1 Å². The first-order valence-corrected chi connectivity index (χ1v) is 6.78. The Kier molecular flexibility index (Phi) is 3.58. The topological polar surface area (TPSA) is 35.8 Å². The number of hydrogen-bond donors (Lipinski definition) is 1. The number of nitrogens with one attached hydrogen (secondary N) is 1. The molecule has 1 N–H and O–H groups in total. The summed E-state index contributed by atoms with van der Waals surface area (Å²) in [7, 11) is 0. The summed E-state index contributed by atoms with van der Waals surface area (Å²) in [5.74, 6) is 0.772. The Morgan fingerprint density at radius 2 is 2.29 bits per heavy atom. The van der Waals surface area contributed by atoms with Crippen LogP contribution in [0, 0.1) is 17.1 Å². The maximum Gasteiger partial charge on any atom is 0.146 e. The summed E-state index contributed by atoms with van der Waals surface area (Å²) >= 11 is 1.77. The predicted octanol–water partition coefficient (Wildman–Crippen LogP) is 3.42. The number of thioether (sulfide) groups is 1. The molecule has 1 saturated heterocycles. The molecule has 2 nitrogen and oxygen atoms in total. The third-order valence-corrected chi connectivity index (χ3v) is 4.64. The second-order valence-electron chi connectivity index (χ2n) is 4.30. The Bertz CT molecular complexity index is 443. The van der Waals surface area contributed by atoms with Crippen LogP contribution in [0.3, 0.4) is 0 Å². The lowest BCUT2D eigenvalue weighted by Gasteiger charge is -2.37. The van der Waals surface area contributed by atoms with Gasteiger partial charge in [0.2, 0.25) is 0 Å². The largest absolute Gasteiger partial charge is 0.364 e. The molecular weight excluding hydrogens is 235 g/mol. The number of hydrogen-bond acceptors (Lipinski definition) is 3. The van der Waals surface area contributed by atoms with Gasteiger partial charge in [0.25, 0.3) is 0 Å². The van der Waals surface area contributed by atoms with Crippen LogP contribution in [0.25, 0.3) is 0 Å². The number of nitrogens with zero attached hydrogens (tertiary/aromatic N) is 1. The fourth-order valence-electron chi connectivity index (χ4n) is 2.10. The Hall–Kier alpha value is -1.21. The zero-order chi connectivity index (χ0) is 12.3. The van der Waals surface area contributed by atoms with Gasteiger partial charge in [0, 0.05) is 5.25 Å². The molecule has 17 heavy (non-hydrogen) atoms. The predicted molar refractivity (Wildman–Crippen MR) is 69.5 cm³/mol. The molecule has 0 saturated carbocycles. The van der Waals surface area contributed by atoms with Gasteiger partial charge in [0.1, 0.15) is 11.4 Å². The van der Waals surface area contributed by atoms with Crippen molar-refractivity contribution in [2.75, 3.05) is 11.1 Å². The number of halogens is 1. The molecule has 2 unspecified atom stereocenters. The van der Waals surface area contributed by atoms with E-state index in [1.165, 1.54) is 6.07 Å². The molecule has 0 aliphatic carbocycles. The van der Waals surface area contributed by atoms with Gasteiger partial charge in [-0.3, -0.25) is 0 Å². The van der Waals surface area contributed by atoms with Crippen LogP contribution >= 0.6 is 11.8 Å². The van der Waals surface area contributed by atoms with Crippen molar-refractivity contribution >= 4 is 17.4 Å². The summed E-state index contributed by atoms with van der Waals surface area (Å²) in [4.78, 5) is 0. The molecule has 1 aromatic rings. The highest BCUT2D eigenvalue weighted by Gasteiger charge is 2.39. The van der Waals surface area contributed by atoms with Crippen LogP contribution in [-0.2, 0) is 0 Å². The first-order chi connectivity index (χ1) is 8.18. The van der Waals surface area contributed by atoms with Gasteiger partial charge in [-0.1, -0.05) is 12.1 Å². The molecule has 1 aromatic carbocycles. The maximum atomic E-state index is 13.6. The van der Waals surface area contributed by atoms with E-state index >= 15 is 0 Å². The number of para-hydroxylation sites is 1. The van der Waals surface area contributed by atoms with Crippen molar-refractivity contribution in [1.29, 1.82) is 5.26 Å². The maximum absolute atomic E-state index is 13.6. The minimum Gasteiger partial charge on any atom is -0.364 e. The second kappa shape index (κ2) is 4.97. The molecule has 2 rings (SSSR count). The first-order valence-electron chi connectivity index (χ1n) is 5.73. The minimum atomic E-state index is -0.648. The van der Waals surface area contributed by atoms with E-state index in [1.807, 2.05) is 6.92 Å². The molecule has 4 heteroatoms. The second-order valence-corrected chi connectivity index (χ2v) is 5.75. The van der Waals surface area contributed by atoms with E-state index in [4.69, 9.17) is 0 Å². The summed E-state index contributed by atoms with van der Waals surface area (Å²) in [5, 5.41) is 12.7. The number of rotatable bonds is 2. The van der Waals surface area contributed by atoms with E-state index in [2.05, 4.69) is 11.4 Å². The van der Waals surface area contributed by atoms with Gasteiger partial charge in [0.05, 0.1) is 11.8 Å². The lowest BCUT2D eigenvalue weighted by atomic mass is 9.90. The van der Waals surface area contributed by atoms with Crippen LogP contribution < -0.4 is 5.32 Å². The molecular formula is C13H15FN2S. The molecule has 2 atom stereocenters. The zero-order valence-electron chi connectivity index (χ0n) is 9.74. The minimum absolute atomic E-state index is 0.167. The standard InChI is InChI=1S/C13H15FN2S/c1-10-13(9-15,7-4-8-17-10)16-12-6-3-2-5-11(12)14/h2-3,5-6,10,16H,4,7-8H2,1H3. The van der Waals surface area contributed by atoms with Crippen LogP contribution in [0.15, 0.2) is 24.3 Å². The van der Waals surface area contributed by atoms with E-state index in [9.17, 15) is 9.65 Å². The van der Waals surface area contributed by atoms with Crippen molar-refractivity contribution in [3.63, 3.8) is 0 Å². The van der Waals surface area contributed by atoms with Crippen molar-refractivity contribution < 1.29 is 4.39 Å². The van der Waals surface area contributed by atoms with Gasteiger partial charge in [-0.2, -0.15) is 17.0 Å². The van der Waals surface area contributed by atoms with Gasteiger partial charge in [-0.15, -0.1) is 0 Å². The number of benzene rings is 1. The fourth-order valence-corrected chi connectivity index (χ4v) is 3.28. The molecule has 0 bridgehead atoms. The first kappa shape index (κ1) is 12.3. The Morgan fingerprint density at radius 3 is 2.94 bits per heavy atom. The van der Waals surface area contributed by atoms with E-state index in [0.29, 0.717) is 5.69 Å². The van der Waals surface area contributed by atoms with E-state index in [0.717, 1.165) is 18.6 Å². The molecule has 90 valence electrons. The van der Waals surface area contributed by atoms with Gasteiger partial charge < -0.3 is 5.32 Å². The molecule has 1 aliphatic heterocycles. The highest BCUT2D eigenvalue weighted by Crippen LogP contribution is 2.36. The van der Waals surface area contributed by atoms with E-state index in [1.54, 1.807) is 30.0 Å². The highest BCUT2D eigenvalue weighted by molar-refractivity contribution is 8.00. The zero-order valence-corrected chi connectivity index (χ0v) is 10.6. The van der Waals surface area contributed by atoms with Crippen molar-refractivity contribution in [3.8, 4) is 6.07 Å². The molecule has 0 radical (unpaired) electrons. The molecule has 0 amide bonds. The smallest absolute Gasteiger partial charge is 0.146 e. The number of anilines is 1. The average Bonchev–Trinajstić information content (AvgIpc) is 2.35. The lowest BCUT2D eigenvalue weighted by molar-refractivity contribution is 0.507. The van der Waals surface area contributed by atoms with Crippen molar-refractivity contribution in [2.45, 2.75) is 30.6 Å². The molecule has 1 heterocycles. The fraction of sp³-hybridized carbons (Fsp3) is 0.462. The summed E-state index contributed by atoms with van der Waals surface area (Å²) in [5.41, 5.74) is -0.228. The third-order valence-electron chi connectivity index (χ3n) is 3.21. The van der Waals surface area contributed by atoms with Gasteiger partial charge in [0.15, 0.2) is 0 Å². The van der Waals surface area contributed by atoms with Crippen molar-refractivity contribution in [2.24, 2.45) is 0 Å². The van der Waals surface area contributed by atoms with Gasteiger partial charge >= 0.3 is 0 Å². The quantitative estimate of drug-likeness (QED) is 0.873. The molecule has 1 aliphatic rings. The molecule has 0 spiro atoms. The summed E-state index contributed by atoms with van der Waals surface area (Å²) in [6.07, 6.45) is 1.76. The van der Waals surface area contributed by atoms with Crippen LogP contribution in [0.5, 0.6) is 0 Å². The highest BCUT2D eigenvalue weighted by atomic mass is 32.2. The Morgan fingerprint density at radius 1 is 1.53 bits per heavy atom. The number of nitriles is 1. The normalized spacial score (nSPS) is 28.4. The molecule has 1 fully saturated rings. The van der Waals surface area contributed by atoms with Gasteiger partial charge in [-0.05, 0) is 37.7 Å². The SMILES string of the molecule is CC1SCCCC1(C#N)Nc1ccccc1F. The van der Waals surface area contributed by atoms with Gasteiger partial charge in [-0.25, -0.2) is 4.39 Å². The van der Waals surface area contributed by atoms with Crippen molar-refractivity contribution in [3.05, 3.63) is 30.1 Å². The summed E-state index contributed by atoms with van der Waals surface area (Å²) < 4.78 is 13.6. The van der Waals surface area contributed by atoms with Crippen LogP contribution in [0.2, 0.25) is 0 Å².